The van der Waals surface area contributed by atoms with Gasteiger partial charge in [-0.2, -0.15) is 4.98 Å². The smallest absolute Gasteiger partial charge is 0.340 e. The minimum Gasteiger partial charge on any atom is -0.462 e. The number of ether oxygens (including phenoxy) is 1. The molecule has 3 rings (SSSR count). The normalized spacial score (nSPS) is 14.0. The van der Waals surface area contributed by atoms with Crippen LogP contribution in [0.3, 0.4) is 0 Å². The fourth-order valence-corrected chi connectivity index (χ4v) is 2.91. The molecule has 8 nitrogen and oxygen atoms in total. The fourth-order valence-electron chi connectivity index (χ4n) is 2.91. The number of nitrogens with zero attached hydrogens (tertiary/aromatic N) is 4. The molecule has 0 bridgehead atoms. The van der Waals surface area contributed by atoms with Gasteiger partial charge >= 0.3 is 5.97 Å². The number of hydrogen-bond acceptors (Lipinski definition) is 7. The highest BCUT2D eigenvalue weighted by Crippen LogP contribution is 2.22. The maximum absolute atomic E-state index is 12.1. The molecule has 1 fully saturated rings. The van der Waals surface area contributed by atoms with E-state index in [0.717, 1.165) is 0 Å². The molecule has 1 aliphatic rings. The lowest BCUT2D eigenvalue weighted by molar-refractivity contribution is -0.129. The fraction of sp³-hybridized carbons (Fsp3) is 0.368. The van der Waals surface area contributed by atoms with Crippen molar-refractivity contribution >= 4 is 29.3 Å². The lowest BCUT2D eigenvalue weighted by Gasteiger charge is -2.34. The van der Waals surface area contributed by atoms with E-state index in [1.807, 2.05) is 15.9 Å². The minimum absolute atomic E-state index is 0.0848. The summed E-state index contributed by atoms with van der Waals surface area (Å²) in [6, 6.07) is 8.89. The topological polar surface area (TPSA) is 87.7 Å². The number of benzene rings is 1. The molecular formula is C19H23N5O3. The first-order valence-electron chi connectivity index (χ1n) is 8.95. The molecule has 142 valence electrons. The van der Waals surface area contributed by atoms with Gasteiger partial charge in [-0.1, -0.05) is 12.1 Å². The van der Waals surface area contributed by atoms with Gasteiger partial charge in [0.1, 0.15) is 5.82 Å². The van der Waals surface area contributed by atoms with Crippen LogP contribution in [0.4, 0.5) is 17.5 Å². The number of carbonyl (C=O) groups is 2. The Hall–Kier alpha value is -3.16. The zero-order valence-electron chi connectivity index (χ0n) is 15.5. The third kappa shape index (κ3) is 4.52. The Morgan fingerprint density at radius 3 is 2.59 bits per heavy atom. The molecule has 0 saturated carbocycles. The quantitative estimate of drug-likeness (QED) is 0.807. The van der Waals surface area contributed by atoms with Crippen LogP contribution in [0.15, 0.2) is 36.5 Å². The predicted octanol–water partition coefficient (Wildman–Crippen LogP) is 2.07. The van der Waals surface area contributed by atoms with Gasteiger partial charge in [0.2, 0.25) is 11.9 Å². The van der Waals surface area contributed by atoms with Gasteiger partial charge in [0.25, 0.3) is 0 Å². The second-order valence-electron chi connectivity index (χ2n) is 6.13. The van der Waals surface area contributed by atoms with Crippen LogP contribution in [-0.2, 0) is 9.53 Å². The molecule has 8 heteroatoms. The van der Waals surface area contributed by atoms with E-state index in [-0.39, 0.29) is 11.9 Å². The van der Waals surface area contributed by atoms with Crippen molar-refractivity contribution in [3.8, 4) is 0 Å². The molecule has 2 heterocycles. The van der Waals surface area contributed by atoms with Gasteiger partial charge < -0.3 is 19.9 Å². The van der Waals surface area contributed by atoms with Crippen LogP contribution >= 0.6 is 0 Å². The van der Waals surface area contributed by atoms with Crippen LogP contribution in [-0.4, -0.2) is 59.5 Å². The first kappa shape index (κ1) is 18.6. The average molecular weight is 369 g/mol. The lowest BCUT2D eigenvalue weighted by atomic mass is 10.2. The molecule has 1 N–H and O–H groups in total. The molecule has 1 aliphatic heterocycles. The summed E-state index contributed by atoms with van der Waals surface area (Å²) in [5.41, 5.74) is 1.08. The van der Waals surface area contributed by atoms with Crippen LogP contribution in [0.25, 0.3) is 0 Å². The predicted molar refractivity (Wildman–Crippen MR) is 102 cm³/mol. The number of rotatable bonds is 5. The Morgan fingerprint density at radius 1 is 1.15 bits per heavy atom. The van der Waals surface area contributed by atoms with Crippen molar-refractivity contribution in [1.82, 2.24) is 14.9 Å². The number of aromatic nitrogens is 2. The molecule has 27 heavy (non-hydrogen) atoms. The van der Waals surface area contributed by atoms with E-state index in [0.29, 0.717) is 55.8 Å². The molecule has 1 aromatic carbocycles. The first-order valence-corrected chi connectivity index (χ1v) is 8.95. The summed E-state index contributed by atoms with van der Waals surface area (Å²) >= 11 is 0. The van der Waals surface area contributed by atoms with E-state index in [2.05, 4.69) is 15.3 Å². The molecule has 0 aliphatic carbocycles. The third-order valence-corrected chi connectivity index (χ3v) is 4.34. The van der Waals surface area contributed by atoms with Gasteiger partial charge in [-0.3, -0.25) is 4.79 Å². The molecule has 2 aromatic rings. The summed E-state index contributed by atoms with van der Waals surface area (Å²) < 4.78 is 5.10. The number of piperazine rings is 1. The average Bonchev–Trinajstić information content (AvgIpc) is 2.69. The van der Waals surface area contributed by atoms with Gasteiger partial charge in [0.05, 0.1) is 17.9 Å². The van der Waals surface area contributed by atoms with Crippen LogP contribution in [0.5, 0.6) is 0 Å². The summed E-state index contributed by atoms with van der Waals surface area (Å²) in [5, 5.41) is 3.18. The monoisotopic (exact) mass is 369 g/mol. The number of hydrogen-bond donors (Lipinski definition) is 1. The number of para-hydroxylation sites is 1. The van der Waals surface area contributed by atoms with E-state index >= 15 is 0 Å². The molecular weight excluding hydrogens is 346 g/mol. The molecule has 1 aromatic heterocycles. The van der Waals surface area contributed by atoms with Gasteiger partial charge in [-0.05, 0) is 25.1 Å². The summed E-state index contributed by atoms with van der Waals surface area (Å²) in [5.74, 6) is 0.888. The molecule has 0 spiro atoms. The number of nitrogens with one attached hydrogen (secondary N) is 1. The molecule has 1 saturated heterocycles. The van der Waals surface area contributed by atoms with E-state index in [4.69, 9.17) is 4.74 Å². The summed E-state index contributed by atoms with van der Waals surface area (Å²) in [6.07, 6.45) is 1.68. The Kier molecular flexibility index (Phi) is 5.85. The maximum atomic E-state index is 12.1. The van der Waals surface area contributed by atoms with Crippen LogP contribution in [0.1, 0.15) is 24.2 Å². The minimum atomic E-state index is -0.379. The molecule has 0 radical (unpaired) electrons. The highest BCUT2D eigenvalue weighted by molar-refractivity contribution is 5.96. The van der Waals surface area contributed by atoms with Gasteiger partial charge in [-0.25, -0.2) is 9.78 Å². The molecule has 0 unspecified atom stereocenters. The second-order valence-corrected chi connectivity index (χ2v) is 6.13. The highest BCUT2D eigenvalue weighted by atomic mass is 16.5. The molecule has 0 atom stereocenters. The molecule has 1 amide bonds. The maximum Gasteiger partial charge on any atom is 0.340 e. The zero-order chi connectivity index (χ0) is 19.2. The Labute approximate surface area is 158 Å². The van der Waals surface area contributed by atoms with Crippen molar-refractivity contribution in [3.63, 3.8) is 0 Å². The Balaban J connectivity index is 1.74. The van der Waals surface area contributed by atoms with E-state index < -0.39 is 0 Å². The van der Waals surface area contributed by atoms with E-state index in [1.165, 1.54) is 0 Å². The van der Waals surface area contributed by atoms with Crippen LogP contribution in [0, 0.1) is 0 Å². The van der Waals surface area contributed by atoms with Crippen molar-refractivity contribution in [1.29, 1.82) is 0 Å². The van der Waals surface area contributed by atoms with Gasteiger partial charge in [0.15, 0.2) is 0 Å². The second kappa shape index (κ2) is 8.48. The van der Waals surface area contributed by atoms with Crippen LogP contribution in [0.2, 0.25) is 0 Å². The highest BCUT2D eigenvalue weighted by Gasteiger charge is 2.20. The SMILES string of the molecule is CCOC(=O)c1ccccc1Nc1ccnc(N2CCN(C(C)=O)CC2)n1. The number of carbonyl (C=O) groups excluding carboxylic acids is 2. The third-order valence-electron chi connectivity index (χ3n) is 4.34. The van der Waals surface area contributed by atoms with Crippen molar-refractivity contribution < 1.29 is 14.3 Å². The van der Waals surface area contributed by atoms with Crippen molar-refractivity contribution in [2.75, 3.05) is 43.0 Å². The largest absolute Gasteiger partial charge is 0.462 e. The van der Waals surface area contributed by atoms with Crippen LogP contribution < -0.4 is 10.2 Å². The summed E-state index contributed by atoms with van der Waals surface area (Å²) in [6.45, 7) is 6.35. The number of esters is 1. The standard InChI is InChI=1S/C19H23N5O3/c1-3-27-18(26)15-6-4-5-7-16(15)21-17-8-9-20-19(22-17)24-12-10-23(11-13-24)14(2)25/h4-9H,3,10-13H2,1-2H3,(H,20,21,22). The number of anilines is 3. The Bertz CT molecular complexity index is 818. The van der Waals surface area contributed by atoms with Gasteiger partial charge in [0, 0.05) is 39.3 Å². The van der Waals surface area contributed by atoms with E-state index in [9.17, 15) is 9.59 Å². The number of amides is 1. The zero-order valence-corrected chi connectivity index (χ0v) is 15.5. The van der Waals surface area contributed by atoms with Crippen molar-refractivity contribution in [2.45, 2.75) is 13.8 Å². The van der Waals surface area contributed by atoms with Gasteiger partial charge in [-0.15, -0.1) is 0 Å². The van der Waals surface area contributed by atoms with Crippen molar-refractivity contribution in [3.05, 3.63) is 42.1 Å². The first-order chi connectivity index (χ1) is 13.1. The summed E-state index contributed by atoms with van der Waals surface area (Å²) in [7, 11) is 0. The summed E-state index contributed by atoms with van der Waals surface area (Å²) in [4.78, 5) is 36.3. The van der Waals surface area contributed by atoms with Crippen molar-refractivity contribution in [2.24, 2.45) is 0 Å². The van der Waals surface area contributed by atoms with E-state index in [1.54, 1.807) is 44.3 Å². The lowest BCUT2D eigenvalue weighted by Crippen LogP contribution is -2.48. The Morgan fingerprint density at radius 2 is 1.89 bits per heavy atom.